The highest BCUT2D eigenvalue weighted by Crippen LogP contribution is 2.29. The molecular weight excluding hydrogens is 294 g/mol. The van der Waals surface area contributed by atoms with Crippen molar-refractivity contribution in [2.24, 2.45) is 0 Å². The zero-order valence-electron chi connectivity index (χ0n) is 12.9. The van der Waals surface area contributed by atoms with Crippen LogP contribution >= 0.6 is 0 Å². The number of nitriles is 1. The fraction of sp³-hybridized carbons (Fsp3) is 0.176. The van der Waals surface area contributed by atoms with Crippen LogP contribution in [-0.4, -0.2) is 26.7 Å². The molecule has 0 saturated heterocycles. The summed E-state index contributed by atoms with van der Waals surface area (Å²) in [4.78, 5) is 12.0. The molecule has 0 spiro atoms. The molecule has 0 aliphatic carbocycles. The van der Waals surface area contributed by atoms with E-state index < -0.39 is 0 Å². The second kappa shape index (κ2) is 7.71. The highest BCUT2D eigenvalue weighted by atomic mass is 16.5. The predicted molar refractivity (Wildman–Crippen MR) is 87.8 cm³/mol. The molecule has 0 aromatic heterocycles. The van der Waals surface area contributed by atoms with Crippen LogP contribution in [0.1, 0.15) is 5.56 Å². The van der Waals surface area contributed by atoms with E-state index in [4.69, 9.17) is 14.7 Å². The van der Waals surface area contributed by atoms with Crippen molar-refractivity contribution in [1.29, 1.82) is 5.26 Å². The van der Waals surface area contributed by atoms with Crippen LogP contribution in [0.2, 0.25) is 0 Å². The Labute approximate surface area is 134 Å². The molecule has 2 aromatic carbocycles. The molecule has 0 saturated carbocycles. The lowest BCUT2D eigenvalue weighted by Gasteiger charge is -2.11. The molecule has 6 heteroatoms. The van der Waals surface area contributed by atoms with E-state index >= 15 is 0 Å². The molecule has 1 amide bonds. The first-order valence-corrected chi connectivity index (χ1v) is 6.92. The number of amides is 1. The van der Waals surface area contributed by atoms with Crippen molar-refractivity contribution in [2.45, 2.75) is 0 Å². The summed E-state index contributed by atoms with van der Waals surface area (Å²) in [6.07, 6.45) is 0. The Kier molecular flexibility index (Phi) is 5.42. The summed E-state index contributed by atoms with van der Waals surface area (Å²) in [7, 11) is 3.11. The minimum atomic E-state index is -0.248. The van der Waals surface area contributed by atoms with E-state index in [0.29, 0.717) is 22.7 Å². The normalized spacial score (nSPS) is 9.61. The molecule has 6 nitrogen and oxygen atoms in total. The maximum atomic E-state index is 12.0. The van der Waals surface area contributed by atoms with Crippen molar-refractivity contribution in [3.05, 3.63) is 48.0 Å². The largest absolute Gasteiger partial charge is 0.493 e. The molecule has 2 N–H and O–H groups in total. The first kappa shape index (κ1) is 16.2. The maximum Gasteiger partial charge on any atom is 0.243 e. The molecule has 0 fully saturated rings. The average molecular weight is 311 g/mol. The second-order valence-electron chi connectivity index (χ2n) is 4.63. The monoisotopic (exact) mass is 311 g/mol. The predicted octanol–water partition coefficient (Wildman–Crippen LogP) is 2.63. The molecule has 0 heterocycles. The molecule has 2 aromatic rings. The first-order chi connectivity index (χ1) is 11.2. The van der Waals surface area contributed by atoms with E-state index in [0.717, 1.165) is 5.69 Å². The van der Waals surface area contributed by atoms with Crippen LogP contribution in [0.4, 0.5) is 11.4 Å². The highest BCUT2D eigenvalue weighted by molar-refractivity contribution is 5.94. The van der Waals surface area contributed by atoms with Crippen LogP contribution in [-0.2, 0) is 4.79 Å². The Balaban J connectivity index is 1.98. The van der Waals surface area contributed by atoms with Gasteiger partial charge in [-0.2, -0.15) is 5.26 Å². The standard InChI is InChI=1S/C17H17N3O3/c1-22-15-8-7-13(9-16(15)23-2)19-11-17(21)20-14-6-4-3-5-12(14)10-18/h3-9,19H,11H2,1-2H3,(H,20,21). The molecule has 0 unspecified atom stereocenters. The van der Waals surface area contributed by atoms with Crippen LogP contribution < -0.4 is 20.1 Å². The molecule has 118 valence electrons. The van der Waals surface area contributed by atoms with Crippen molar-refractivity contribution in [1.82, 2.24) is 0 Å². The molecule has 0 bridgehead atoms. The highest BCUT2D eigenvalue weighted by Gasteiger charge is 2.08. The number of nitrogens with one attached hydrogen (secondary N) is 2. The smallest absolute Gasteiger partial charge is 0.243 e. The van der Waals surface area contributed by atoms with Crippen LogP contribution in [0, 0.1) is 11.3 Å². The zero-order valence-corrected chi connectivity index (χ0v) is 12.9. The van der Waals surface area contributed by atoms with Crippen molar-refractivity contribution >= 4 is 17.3 Å². The van der Waals surface area contributed by atoms with Gasteiger partial charge in [-0.15, -0.1) is 0 Å². The lowest BCUT2D eigenvalue weighted by Crippen LogP contribution is -2.22. The fourth-order valence-corrected chi connectivity index (χ4v) is 2.01. The second-order valence-corrected chi connectivity index (χ2v) is 4.63. The molecule has 0 radical (unpaired) electrons. The summed E-state index contributed by atoms with van der Waals surface area (Å²) < 4.78 is 10.4. The lowest BCUT2D eigenvalue weighted by atomic mass is 10.2. The van der Waals surface area contributed by atoms with E-state index in [-0.39, 0.29) is 12.5 Å². The summed E-state index contributed by atoms with van der Waals surface area (Å²) in [5.41, 5.74) is 1.65. The van der Waals surface area contributed by atoms with Gasteiger partial charge in [0.05, 0.1) is 32.0 Å². The van der Waals surface area contributed by atoms with Gasteiger partial charge in [-0.05, 0) is 24.3 Å². The summed E-state index contributed by atoms with van der Waals surface area (Å²) in [5.74, 6) is 0.945. The number of carbonyl (C=O) groups is 1. The van der Waals surface area contributed by atoms with Crippen LogP contribution in [0.25, 0.3) is 0 Å². The molecule has 2 rings (SSSR count). The Bertz CT molecular complexity index is 738. The van der Waals surface area contributed by atoms with Crippen molar-refractivity contribution < 1.29 is 14.3 Å². The third kappa shape index (κ3) is 4.14. The number of para-hydroxylation sites is 1. The van der Waals surface area contributed by atoms with Gasteiger partial charge in [-0.25, -0.2) is 0 Å². The van der Waals surface area contributed by atoms with Gasteiger partial charge >= 0.3 is 0 Å². The summed E-state index contributed by atoms with van der Waals surface area (Å²) in [5, 5.41) is 14.7. The fourth-order valence-electron chi connectivity index (χ4n) is 2.01. The quantitative estimate of drug-likeness (QED) is 0.857. The number of ether oxygens (including phenoxy) is 2. The van der Waals surface area contributed by atoms with Gasteiger partial charge in [-0.3, -0.25) is 4.79 Å². The number of hydrogen-bond acceptors (Lipinski definition) is 5. The van der Waals surface area contributed by atoms with Crippen molar-refractivity contribution in [3.63, 3.8) is 0 Å². The van der Waals surface area contributed by atoms with Crippen LogP contribution in [0.3, 0.4) is 0 Å². The van der Waals surface area contributed by atoms with E-state index in [1.165, 1.54) is 0 Å². The van der Waals surface area contributed by atoms with E-state index in [1.807, 2.05) is 6.07 Å². The van der Waals surface area contributed by atoms with Crippen LogP contribution in [0.5, 0.6) is 11.5 Å². The lowest BCUT2D eigenvalue weighted by molar-refractivity contribution is -0.114. The third-order valence-corrected chi connectivity index (χ3v) is 3.16. The summed E-state index contributed by atoms with van der Waals surface area (Å²) in [6, 6.07) is 14.2. The molecule has 0 aliphatic heterocycles. The first-order valence-electron chi connectivity index (χ1n) is 6.92. The minimum Gasteiger partial charge on any atom is -0.493 e. The van der Waals surface area contributed by atoms with Gasteiger partial charge in [0.25, 0.3) is 0 Å². The number of hydrogen-bond donors (Lipinski definition) is 2. The zero-order chi connectivity index (χ0) is 16.7. The Morgan fingerprint density at radius 3 is 2.57 bits per heavy atom. The van der Waals surface area contributed by atoms with Crippen molar-refractivity contribution in [3.8, 4) is 17.6 Å². The Morgan fingerprint density at radius 2 is 1.87 bits per heavy atom. The van der Waals surface area contributed by atoms with Gasteiger partial charge in [0.2, 0.25) is 5.91 Å². The molecular formula is C17H17N3O3. The van der Waals surface area contributed by atoms with Gasteiger partial charge in [0.15, 0.2) is 11.5 Å². The molecule has 0 atom stereocenters. The van der Waals surface area contributed by atoms with Crippen molar-refractivity contribution in [2.75, 3.05) is 31.4 Å². The maximum absolute atomic E-state index is 12.0. The van der Waals surface area contributed by atoms with E-state index in [9.17, 15) is 4.79 Å². The van der Waals surface area contributed by atoms with E-state index in [2.05, 4.69) is 10.6 Å². The summed E-state index contributed by atoms with van der Waals surface area (Å²) >= 11 is 0. The van der Waals surface area contributed by atoms with Gasteiger partial charge in [0, 0.05) is 11.8 Å². The van der Waals surface area contributed by atoms with E-state index in [1.54, 1.807) is 56.7 Å². The number of nitrogens with zero attached hydrogens (tertiary/aromatic N) is 1. The SMILES string of the molecule is COc1ccc(NCC(=O)Nc2ccccc2C#N)cc1OC. The third-order valence-electron chi connectivity index (χ3n) is 3.16. The van der Waals surface area contributed by atoms with Gasteiger partial charge in [-0.1, -0.05) is 12.1 Å². The number of benzene rings is 2. The number of methoxy groups -OCH3 is 2. The number of rotatable bonds is 6. The minimum absolute atomic E-state index is 0.0647. The average Bonchev–Trinajstić information content (AvgIpc) is 2.60. The van der Waals surface area contributed by atoms with Gasteiger partial charge in [0.1, 0.15) is 6.07 Å². The number of carbonyl (C=O) groups excluding carboxylic acids is 1. The van der Waals surface area contributed by atoms with Crippen LogP contribution in [0.15, 0.2) is 42.5 Å². The van der Waals surface area contributed by atoms with Gasteiger partial charge < -0.3 is 20.1 Å². The molecule has 23 heavy (non-hydrogen) atoms. The topological polar surface area (TPSA) is 83.4 Å². The Morgan fingerprint density at radius 1 is 1.13 bits per heavy atom. The molecule has 0 aliphatic rings. The Hall–Kier alpha value is -3.20. The summed E-state index contributed by atoms with van der Waals surface area (Å²) in [6.45, 7) is 0.0647. The number of anilines is 2.